The number of hydrogen-bond donors (Lipinski definition) is 1. The molecule has 38 heavy (non-hydrogen) atoms. The van der Waals surface area contributed by atoms with Crippen molar-refractivity contribution < 1.29 is 19.4 Å². The highest BCUT2D eigenvalue weighted by Crippen LogP contribution is 2.34. The van der Waals surface area contributed by atoms with Crippen LogP contribution in [0, 0.1) is 0 Å². The van der Waals surface area contributed by atoms with Gasteiger partial charge in [-0.3, -0.25) is 9.69 Å². The van der Waals surface area contributed by atoms with Gasteiger partial charge in [0, 0.05) is 23.6 Å². The number of ether oxygens (including phenoxy) is 1. The van der Waals surface area contributed by atoms with Crippen LogP contribution in [0.1, 0.15) is 22.8 Å². The van der Waals surface area contributed by atoms with Crippen molar-refractivity contribution in [2.75, 3.05) is 11.4 Å². The maximum atomic E-state index is 13.0. The number of amidine groups is 1. The van der Waals surface area contributed by atoms with Gasteiger partial charge in [-0.2, -0.15) is 4.99 Å². The summed E-state index contributed by atoms with van der Waals surface area (Å²) in [6.07, 6.45) is 1.66. The molecule has 1 saturated heterocycles. The summed E-state index contributed by atoms with van der Waals surface area (Å²) in [4.78, 5) is 32.5. The molecule has 0 aromatic heterocycles. The largest absolute Gasteiger partial charge is 0.478 e. The smallest absolute Gasteiger partial charge is 0.337 e. The van der Waals surface area contributed by atoms with Crippen molar-refractivity contribution in [2.24, 2.45) is 4.99 Å². The van der Waals surface area contributed by atoms with Crippen LogP contribution in [0.4, 0.5) is 22.7 Å². The van der Waals surface area contributed by atoms with E-state index in [4.69, 9.17) is 4.74 Å². The zero-order valence-corrected chi connectivity index (χ0v) is 20.7. The quantitative estimate of drug-likeness (QED) is 0.282. The summed E-state index contributed by atoms with van der Waals surface area (Å²) >= 11 is 0. The SMILES string of the molecule is CCN1C(=O)/C(=C\c2ccc(N(c3ccccc3)c3ccccc3)cc2)OC1=Nc1ccccc1C(=O)O. The molecule has 0 aliphatic carbocycles. The number of anilines is 3. The van der Waals surface area contributed by atoms with Crippen LogP contribution in [-0.4, -0.2) is 34.4 Å². The lowest BCUT2D eigenvalue weighted by Gasteiger charge is -2.25. The molecule has 7 heteroatoms. The molecule has 1 fully saturated rings. The third kappa shape index (κ3) is 5.03. The first kappa shape index (κ1) is 24.5. The number of hydrogen-bond acceptors (Lipinski definition) is 5. The molecule has 0 bridgehead atoms. The number of amides is 1. The topological polar surface area (TPSA) is 82.4 Å². The van der Waals surface area contributed by atoms with Gasteiger partial charge in [-0.25, -0.2) is 4.79 Å². The zero-order chi connectivity index (χ0) is 26.5. The first-order valence-corrected chi connectivity index (χ1v) is 12.2. The van der Waals surface area contributed by atoms with E-state index in [9.17, 15) is 14.7 Å². The van der Waals surface area contributed by atoms with Crippen molar-refractivity contribution in [2.45, 2.75) is 6.92 Å². The second-order valence-corrected chi connectivity index (χ2v) is 8.47. The van der Waals surface area contributed by atoms with E-state index in [-0.39, 0.29) is 28.9 Å². The Morgan fingerprint density at radius 2 is 1.39 bits per heavy atom. The first-order valence-electron chi connectivity index (χ1n) is 12.2. The van der Waals surface area contributed by atoms with E-state index < -0.39 is 5.97 Å². The monoisotopic (exact) mass is 503 g/mol. The normalized spacial score (nSPS) is 15.1. The number of nitrogens with zero attached hydrogens (tertiary/aromatic N) is 3. The van der Waals surface area contributed by atoms with Gasteiger partial charge in [0.1, 0.15) is 0 Å². The maximum absolute atomic E-state index is 13.0. The summed E-state index contributed by atoms with van der Waals surface area (Å²) < 4.78 is 5.82. The van der Waals surface area contributed by atoms with Crippen molar-refractivity contribution in [1.29, 1.82) is 0 Å². The molecule has 0 spiro atoms. The minimum atomic E-state index is -1.10. The lowest BCUT2D eigenvalue weighted by molar-refractivity contribution is -0.122. The number of carbonyl (C=O) groups is 2. The number of para-hydroxylation sites is 3. The first-order chi connectivity index (χ1) is 18.5. The van der Waals surface area contributed by atoms with E-state index in [1.807, 2.05) is 60.7 Å². The zero-order valence-electron chi connectivity index (χ0n) is 20.7. The Kier molecular flexibility index (Phi) is 6.99. The molecule has 188 valence electrons. The molecule has 1 aliphatic rings. The van der Waals surface area contributed by atoms with Crippen LogP contribution in [0.5, 0.6) is 0 Å². The number of aliphatic imine (C=N–C) groups is 1. The minimum absolute atomic E-state index is 0.0292. The van der Waals surface area contributed by atoms with Gasteiger partial charge in [0.15, 0.2) is 5.76 Å². The highest BCUT2D eigenvalue weighted by Gasteiger charge is 2.34. The molecule has 0 atom stereocenters. The Morgan fingerprint density at radius 1 is 0.842 bits per heavy atom. The molecule has 4 aromatic carbocycles. The summed E-state index contributed by atoms with van der Waals surface area (Å²) in [5.74, 6) is -1.32. The maximum Gasteiger partial charge on any atom is 0.337 e. The molecule has 0 radical (unpaired) electrons. The van der Waals surface area contributed by atoms with Crippen LogP contribution in [0.2, 0.25) is 0 Å². The van der Waals surface area contributed by atoms with E-state index in [2.05, 4.69) is 34.2 Å². The van der Waals surface area contributed by atoms with Gasteiger partial charge in [-0.05, 0) is 67.1 Å². The van der Waals surface area contributed by atoms with Gasteiger partial charge >= 0.3 is 12.0 Å². The highest BCUT2D eigenvalue weighted by molar-refractivity contribution is 6.12. The van der Waals surface area contributed by atoms with Crippen LogP contribution in [0.3, 0.4) is 0 Å². The summed E-state index contributed by atoms with van der Waals surface area (Å²) in [6.45, 7) is 2.13. The van der Waals surface area contributed by atoms with Crippen molar-refractivity contribution in [1.82, 2.24) is 4.90 Å². The average Bonchev–Trinajstić information content (AvgIpc) is 3.24. The van der Waals surface area contributed by atoms with Gasteiger partial charge in [0.05, 0.1) is 11.3 Å². The fourth-order valence-corrected chi connectivity index (χ4v) is 4.20. The number of carbonyl (C=O) groups excluding carboxylic acids is 1. The third-order valence-corrected chi connectivity index (χ3v) is 6.03. The minimum Gasteiger partial charge on any atom is -0.478 e. The number of carboxylic acid groups (broad SMARTS) is 1. The fourth-order valence-electron chi connectivity index (χ4n) is 4.20. The van der Waals surface area contributed by atoms with E-state index in [0.717, 1.165) is 22.6 Å². The number of benzene rings is 4. The van der Waals surface area contributed by atoms with Crippen molar-refractivity contribution in [3.8, 4) is 0 Å². The van der Waals surface area contributed by atoms with Crippen LogP contribution in [0.25, 0.3) is 6.08 Å². The Labute approximate surface area is 220 Å². The van der Waals surface area contributed by atoms with Crippen LogP contribution < -0.4 is 4.90 Å². The molecule has 7 nitrogen and oxygen atoms in total. The Bertz CT molecular complexity index is 1470. The molecule has 1 heterocycles. The van der Waals surface area contributed by atoms with Crippen molar-refractivity contribution >= 4 is 46.7 Å². The van der Waals surface area contributed by atoms with Crippen molar-refractivity contribution in [3.05, 3.63) is 126 Å². The summed E-state index contributed by atoms with van der Waals surface area (Å²) in [5, 5.41) is 9.46. The summed E-state index contributed by atoms with van der Waals surface area (Å²) in [6, 6.07) is 34.4. The van der Waals surface area contributed by atoms with Gasteiger partial charge in [0.2, 0.25) is 0 Å². The third-order valence-electron chi connectivity index (χ3n) is 6.03. The van der Waals surface area contributed by atoms with Gasteiger partial charge < -0.3 is 14.7 Å². The van der Waals surface area contributed by atoms with Gasteiger partial charge in [-0.1, -0.05) is 60.7 Å². The second-order valence-electron chi connectivity index (χ2n) is 8.47. The molecular formula is C31H25N3O4. The van der Waals surface area contributed by atoms with Gasteiger partial charge in [-0.15, -0.1) is 0 Å². The highest BCUT2D eigenvalue weighted by atomic mass is 16.5. The van der Waals surface area contributed by atoms with Crippen LogP contribution >= 0.6 is 0 Å². The molecular weight excluding hydrogens is 478 g/mol. The van der Waals surface area contributed by atoms with Crippen LogP contribution in [-0.2, 0) is 9.53 Å². The number of carboxylic acids is 1. The second kappa shape index (κ2) is 10.8. The van der Waals surface area contributed by atoms with E-state index >= 15 is 0 Å². The molecule has 0 unspecified atom stereocenters. The summed E-state index contributed by atoms with van der Waals surface area (Å²) in [5.41, 5.74) is 4.04. The van der Waals surface area contributed by atoms with E-state index in [1.54, 1.807) is 31.2 Å². The number of aromatic carboxylic acids is 1. The number of likely N-dealkylation sites (N-methyl/N-ethyl adjacent to an activating group) is 1. The fraction of sp³-hybridized carbons (Fsp3) is 0.0645. The molecule has 5 rings (SSSR count). The van der Waals surface area contributed by atoms with Gasteiger partial charge in [0.25, 0.3) is 5.91 Å². The standard InChI is InChI=1S/C31H25N3O4/c1-2-33-29(35)28(38-31(33)32-27-16-10-9-15-26(27)30(36)37)21-22-17-19-25(20-18-22)34(23-11-5-3-6-12-23)24-13-7-4-8-14-24/h3-21H,2H2,1H3,(H,36,37)/b28-21+,32-31?. The van der Waals surface area contributed by atoms with E-state index in [1.165, 1.54) is 11.0 Å². The van der Waals surface area contributed by atoms with E-state index in [0.29, 0.717) is 6.54 Å². The molecule has 1 N–H and O–H groups in total. The van der Waals surface area contributed by atoms with Crippen molar-refractivity contribution in [3.63, 3.8) is 0 Å². The lowest BCUT2D eigenvalue weighted by Crippen LogP contribution is -2.29. The predicted molar refractivity (Wildman–Crippen MR) is 148 cm³/mol. The Morgan fingerprint density at radius 3 is 1.97 bits per heavy atom. The molecule has 4 aromatic rings. The summed E-state index contributed by atoms with van der Waals surface area (Å²) in [7, 11) is 0. The Hall–Kier alpha value is -5.17. The Balaban J connectivity index is 1.45. The molecule has 1 aliphatic heterocycles. The number of rotatable bonds is 7. The van der Waals surface area contributed by atoms with Crippen LogP contribution in [0.15, 0.2) is 120 Å². The molecule has 0 saturated carbocycles. The lowest BCUT2D eigenvalue weighted by atomic mass is 10.1. The predicted octanol–water partition coefficient (Wildman–Crippen LogP) is 6.76. The average molecular weight is 504 g/mol. The molecule has 1 amide bonds.